The van der Waals surface area contributed by atoms with Crippen molar-refractivity contribution in [1.29, 1.82) is 0 Å². The minimum absolute atomic E-state index is 0.0644. The Morgan fingerprint density at radius 3 is 2.58 bits per heavy atom. The first-order valence-electron chi connectivity index (χ1n) is 8.83. The van der Waals surface area contributed by atoms with Gasteiger partial charge in [-0.15, -0.1) is 0 Å². The molecule has 26 heavy (non-hydrogen) atoms. The summed E-state index contributed by atoms with van der Waals surface area (Å²) in [4.78, 5) is 28.7. The molecule has 2 N–H and O–H groups in total. The molecule has 142 valence electrons. The molecule has 1 saturated carbocycles. The maximum absolute atomic E-state index is 12.3. The number of carbonyl (C=O) groups excluding carboxylic acids is 1. The third kappa shape index (κ3) is 4.21. The van der Waals surface area contributed by atoms with E-state index in [1.54, 1.807) is 17.0 Å². The predicted molar refractivity (Wildman–Crippen MR) is 94.1 cm³/mol. The number of carboxylic acids is 1. The van der Waals surface area contributed by atoms with Crippen molar-refractivity contribution in [2.45, 2.75) is 37.4 Å². The molecule has 0 spiro atoms. The topological polar surface area (TPSA) is 117 Å². The first-order chi connectivity index (χ1) is 12.4. The van der Waals surface area contributed by atoms with Crippen LogP contribution in [0.25, 0.3) is 0 Å². The Labute approximate surface area is 152 Å². The van der Waals surface area contributed by atoms with E-state index in [2.05, 4.69) is 9.71 Å². The molecule has 3 rings (SSSR count). The van der Waals surface area contributed by atoms with Gasteiger partial charge in [-0.1, -0.05) is 18.9 Å². The molecule has 1 saturated heterocycles. The van der Waals surface area contributed by atoms with Crippen molar-refractivity contribution in [2.75, 3.05) is 19.6 Å². The van der Waals surface area contributed by atoms with Gasteiger partial charge in [-0.25, -0.2) is 22.9 Å². The van der Waals surface area contributed by atoms with Crippen molar-refractivity contribution in [3.63, 3.8) is 0 Å². The Bertz CT molecular complexity index is 783. The number of sulfonamides is 1. The number of carbonyl (C=O) groups is 2. The van der Waals surface area contributed by atoms with Crippen molar-refractivity contribution >= 4 is 21.9 Å². The van der Waals surface area contributed by atoms with Gasteiger partial charge >= 0.3 is 5.97 Å². The van der Waals surface area contributed by atoms with Crippen molar-refractivity contribution in [3.05, 3.63) is 29.6 Å². The Kier molecular flexibility index (Phi) is 5.57. The molecule has 0 radical (unpaired) electrons. The lowest BCUT2D eigenvalue weighted by atomic mass is 10.0. The molecule has 9 heteroatoms. The zero-order valence-corrected chi connectivity index (χ0v) is 15.2. The Balaban J connectivity index is 1.46. The van der Waals surface area contributed by atoms with E-state index in [4.69, 9.17) is 5.11 Å². The summed E-state index contributed by atoms with van der Waals surface area (Å²) in [6.45, 7) is 0.639. The van der Waals surface area contributed by atoms with Gasteiger partial charge in [0.25, 0.3) is 0 Å². The highest BCUT2D eigenvalue weighted by molar-refractivity contribution is 7.90. The number of aromatic carboxylic acids is 1. The molecule has 2 heterocycles. The molecular weight excluding hydrogens is 358 g/mol. The number of carboxylic acid groups (broad SMARTS) is 1. The van der Waals surface area contributed by atoms with Crippen LogP contribution < -0.4 is 4.72 Å². The third-order valence-corrected chi connectivity index (χ3v) is 6.80. The fraction of sp³-hybridized carbons (Fsp3) is 0.588. The minimum Gasteiger partial charge on any atom is -0.477 e. The highest BCUT2D eigenvalue weighted by Gasteiger charge is 2.41. The normalized spacial score (nSPS) is 18.7. The van der Waals surface area contributed by atoms with E-state index in [-0.39, 0.29) is 37.2 Å². The number of nitrogens with one attached hydrogen (secondary N) is 1. The van der Waals surface area contributed by atoms with Gasteiger partial charge in [0.15, 0.2) is 0 Å². The van der Waals surface area contributed by atoms with E-state index >= 15 is 0 Å². The lowest BCUT2D eigenvalue weighted by Gasteiger charge is -2.39. The SMILES string of the molecule is O=C(O)c1cccc(CCNS(=O)(=O)C2CN(C(=O)C3CCCC3)C2)n1. The minimum atomic E-state index is -3.50. The molecule has 1 aliphatic carbocycles. The highest BCUT2D eigenvalue weighted by Crippen LogP contribution is 2.29. The van der Waals surface area contributed by atoms with E-state index < -0.39 is 21.2 Å². The molecule has 2 aliphatic rings. The summed E-state index contributed by atoms with van der Waals surface area (Å²) in [6, 6.07) is 4.63. The molecule has 0 aromatic carbocycles. The molecule has 0 atom stereocenters. The van der Waals surface area contributed by atoms with Gasteiger partial charge in [0, 0.05) is 37.7 Å². The highest BCUT2D eigenvalue weighted by atomic mass is 32.2. The number of amides is 1. The summed E-state index contributed by atoms with van der Waals surface area (Å²) in [7, 11) is -3.50. The number of pyridine rings is 1. The van der Waals surface area contributed by atoms with Crippen LogP contribution in [0.2, 0.25) is 0 Å². The largest absolute Gasteiger partial charge is 0.477 e. The van der Waals surface area contributed by atoms with Gasteiger partial charge < -0.3 is 10.0 Å². The fourth-order valence-corrected chi connectivity index (χ4v) is 4.80. The molecule has 1 aromatic heterocycles. The predicted octanol–water partition coefficient (Wildman–Crippen LogP) is 0.643. The van der Waals surface area contributed by atoms with Crippen molar-refractivity contribution < 1.29 is 23.1 Å². The first kappa shape index (κ1) is 18.8. The van der Waals surface area contributed by atoms with Crippen molar-refractivity contribution in [1.82, 2.24) is 14.6 Å². The average Bonchev–Trinajstić information content (AvgIpc) is 3.07. The Morgan fingerprint density at radius 1 is 1.23 bits per heavy atom. The van der Waals surface area contributed by atoms with Crippen molar-refractivity contribution in [3.8, 4) is 0 Å². The van der Waals surface area contributed by atoms with Crippen LogP contribution in [0.15, 0.2) is 18.2 Å². The maximum atomic E-state index is 12.3. The smallest absolute Gasteiger partial charge is 0.354 e. The second-order valence-electron chi connectivity index (χ2n) is 6.86. The van der Waals surface area contributed by atoms with E-state index in [9.17, 15) is 18.0 Å². The van der Waals surface area contributed by atoms with Gasteiger partial charge in [0.2, 0.25) is 15.9 Å². The average molecular weight is 381 g/mol. The standard InChI is InChI=1S/C17H23N3O5S/c21-16(12-4-1-2-5-12)20-10-14(11-20)26(24,25)18-9-8-13-6-3-7-15(19-13)17(22)23/h3,6-7,12,14,18H,1-2,4-5,8-11H2,(H,22,23). The summed E-state index contributed by atoms with van der Waals surface area (Å²) in [5.41, 5.74) is 0.449. The number of nitrogens with zero attached hydrogens (tertiary/aromatic N) is 2. The molecule has 0 bridgehead atoms. The molecule has 1 amide bonds. The maximum Gasteiger partial charge on any atom is 0.354 e. The Morgan fingerprint density at radius 2 is 1.92 bits per heavy atom. The third-order valence-electron chi connectivity index (χ3n) is 5.01. The second kappa shape index (κ2) is 7.71. The van der Waals surface area contributed by atoms with E-state index in [1.807, 2.05) is 0 Å². The van der Waals surface area contributed by atoms with Crippen LogP contribution in [-0.4, -0.2) is 60.2 Å². The summed E-state index contributed by atoms with van der Waals surface area (Å²) in [5.74, 6) is -0.961. The van der Waals surface area contributed by atoms with E-state index in [0.717, 1.165) is 25.7 Å². The number of hydrogen-bond acceptors (Lipinski definition) is 5. The van der Waals surface area contributed by atoms with Crippen LogP contribution >= 0.6 is 0 Å². The lowest BCUT2D eigenvalue weighted by molar-refractivity contribution is -0.138. The van der Waals surface area contributed by atoms with Gasteiger partial charge in [-0.3, -0.25) is 4.79 Å². The molecule has 8 nitrogen and oxygen atoms in total. The van der Waals surface area contributed by atoms with E-state index in [0.29, 0.717) is 12.1 Å². The zero-order valence-electron chi connectivity index (χ0n) is 14.4. The summed E-state index contributed by atoms with van der Waals surface area (Å²) in [5, 5.41) is 8.34. The van der Waals surface area contributed by atoms with Crippen LogP contribution in [0.4, 0.5) is 0 Å². The molecular formula is C17H23N3O5S. The van der Waals surface area contributed by atoms with Crippen LogP contribution in [0.1, 0.15) is 41.9 Å². The van der Waals surface area contributed by atoms with Gasteiger partial charge in [-0.05, 0) is 25.0 Å². The quantitative estimate of drug-likeness (QED) is 0.716. The van der Waals surface area contributed by atoms with Crippen LogP contribution in [0.5, 0.6) is 0 Å². The van der Waals surface area contributed by atoms with Crippen LogP contribution in [-0.2, 0) is 21.2 Å². The number of rotatable bonds is 7. The van der Waals surface area contributed by atoms with Gasteiger partial charge in [0.1, 0.15) is 10.9 Å². The lowest BCUT2D eigenvalue weighted by Crippen LogP contribution is -2.60. The first-order valence-corrected chi connectivity index (χ1v) is 10.4. The van der Waals surface area contributed by atoms with E-state index in [1.165, 1.54) is 6.07 Å². The van der Waals surface area contributed by atoms with Gasteiger partial charge in [-0.2, -0.15) is 0 Å². The monoisotopic (exact) mass is 381 g/mol. The molecule has 2 fully saturated rings. The Hall–Kier alpha value is -2.00. The van der Waals surface area contributed by atoms with Crippen molar-refractivity contribution in [2.24, 2.45) is 5.92 Å². The summed E-state index contributed by atoms with van der Waals surface area (Å²) < 4.78 is 27.1. The van der Waals surface area contributed by atoms with Gasteiger partial charge in [0.05, 0.1) is 0 Å². The van der Waals surface area contributed by atoms with Crippen LogP contribution in [0.3, 0.4) is 0 Å². The molecule has 0 unspecified atom stereocenters. The summed E-state index contributed by atoms with van der Waals surface area (Å²) >= 11 is 0. The number of aromatic nitrogens is 1. The second-order valence-corrected chi connectivity index (χ2v) is 8.90. The summed E-state index contributed by atoms with van der Waals surface area (Å²) in [6.07, 6.45) is 4.27. The zero-order chi connectivity index (χ0) is 18.7. The number of likely N-dealkylation sites (tertiary alicyclic amines) is 1. The molecule has 1 aromatic rings. The molecule has 1 aliphatic heterocycles. The van der Waals surface area contributed by atoms with Crippen LogP contribution in [0, 0.1) is 5.92 Å². The fourth-order valence-electron chi connectivity index (χ4n) is 3.42. The number of hydrogen-bond donors (Lipinski definition) is 2.